The second-order valence-corrected chi connectivity index (χ2v) is 3.93. The molecule has 74 valence electrons. The van der Waals surface area contributed by atoms with E-state index < -0.39 is 0 Å². The number of nitrogens with zero attached hydrogens (tertiary/aromatic N) is 1. The molecule has 14 heavy (non-hydrogen) atoms. The summed E-state index contributed by atoms with van der Waals surface area (Å²) in [6, 6.07) is 9.01. The molecule has 0 aliphatic carbocycles. The molecule has 2 rings (SSSR count). The minimum atomic E-state index is 0.370. The molecule has 0 saturated carbocycles. The average Bonchev–Trinajstić information content (AvgIpc) is 2.45. The SMILES string of the molecule is CC1=CC(c2cccc(C)c2)N(C)N1. The van der Waals surface area contributed by atoms with Gasteiger partial charge in [-0.2, -0.15) is 0 Å². The van der Waals surface area contributed by atoms with E-state index in [0.717, 1.165) is 0 Å². The number of hydrogen-bond donors (Lipinski definition) is 1. The number of hydrazine groups is 1. The first kappa shape index (κ1) is 9.28. The molecule has 1 aromatic rings. The highest BCUT2D eigenvalue weighted by atomic mass is 15.5. The second kappa shape index (κ2) is 3.46. The quantitative estimate of drug-likeness (QED) is 0.728. The summed E-state index contributed by atoms with van der Waals surface area (Å²) in [5.41, 5.74) is 7.16. The van der Waals surface area contributed by atoms with Gasteiger partial charge < -0.3 is 5.43 Å². The van der Waals surface area contributed by atoms with Gasteiger partial charge in [-0.3, -0.25) is 0 Å². The van der Waals surface area contributed by atoms with Crippen molar-refractivity contribution in [2.45, 2.75) is 19.9 Å². The number of rotatable bonds is 1. The molecule has 1 aliphatic rings. The Bertz CT molecular complexity index is 368. The van der Waals surface area contributed by atoms with Crippen molar-refractivity contribution in [3.63, 3.8) is 0 Å². The molecule has 1 aliphatic heterocycles. The van der Waals surface area contributed by atoms with Crippen LogP contribution in [-0.2, 0) is 0 Å². The molecule has 2 nitrogen and oxygen atoms in total. The van der Waals surface area contributed by atoms with Gasteiger partial charge in [-0.05, 0) is 25.5 Å². The third kappa shape index (κ3) is 1.66. The summed E-state index contributed by atoms with van der Waals surface area (Å²) in [6.07, 6.45) is 2.24. The molecule has 1 N–H and O–H groups in total. The predicted molar refractivity (Wildman–Crippen MR) is 58.6 cm³/mol. The monoisotopic (exact) mass is 188 g/mol. The summed E-state index contributed by atoms with van der Waals surface area (Å²) >= 11 is 0. The topological polar surface area (TPSA) is 15.3 Å². The standard InChI is InChI=1S/C12H16N2/c1-9-5-4-6-11(7-9)12-8-10(2)13-14(12)3/h4-8,12-13H,1-3H3. The van der Waals surface area contributed by atoms with Crippen LogP contribution < -0.4 is 5.43 Å². The van der Waals surface area contributed by atoms with Crippen LogP contribution >= 0.6 is 0 Å². The fourth-order valence-electron chi connectivity index (χ4n) is 1.91. The highest BCUT2D eigenvalue weighted by Crippen LogP contribution is 2.25. The van der Waals surface area contributed by atoms with Crippen molar-refractivity contribution < 1.29 is 0 Å². The van der Waals surface area contributed by atoms with E-state index in [4.69, 9.17) is 0 Å². The molecule has 0 radical (unpaired) electrons. The van der Waals surface area contributed by atoms with Crippen LogP contribution in [0, 0.1) is 6.92 Å². The predicted octanol–water partition coefficient (Wildman–Crippen LogP) is 2.39. The zero-order chi connectivity index (χ0) is 10.1. The van der Waals surface area contributed by atoms with Crippen LogP contribution in [0.1, 0.15) is 24.1 Å². The van der Waals surface area contributed by atoms with Crippen molar-refractivity contribution in [3.05, 3.63) is 47.2 Å². The molecule has 0 amide bonds. The molecular weight excluding hydrogens is 172 g/mol. The smallest absolute Gasteiger partial charge is 0.0738 e. The Balaban J connectivity index is 2.31. The molecular formula is C12H16N2. The summed E-state index contributed by atoms with van der Waals surface area (Å²) < 4.78 is 0. The Kier molecular flexibility index (Phi) is 2.30. The van der Waals surface area contributed by atoms with Gasteiger partial charge in [0.05, 0.1) is 6.04 Å². The normalized spacial score (nSPS) is 21.9. The lowest BCUT2D eigenvalue weighted by molar-refractivity contribution is 0.250. The number of nitrogens with one attached hydrogen (secondary N) is 1. The number of aryl methyl sites for hydroxylation is 1. The zero-order valence-electron chi connectivity index (χ0n) is 8.91. The molecule has 1 unspecified atom stereocenters. The number of likely N-dealkylation sites (N-methyl/N-ethyl adjacent to an activating group) is 1. The summed E-state index contributed by atoms with van der Waals surface area (Å²) in [7, 11) is 2.07. The molecule has 0 spiro atoms. The molecule has 2 heteroatoms. The van der Waals surface area contributed by atoms with E-state index in [1.165, 1.54) is 16.8 Å². The van der Waals surface area contributed by atoms with E-state index in [0.29, 0.717) is 6.04 Å². The molecule has 1 heterocycles. The van der Waals surface area contributed by atoms with Gasteiger partial charge in [0.1, 0.15) is 0 Å². The third-order valence-electron chi connectivity index (χ3n) is 2.56. The van der Waals surface area contributed by atoms with Gasteiger partial charge in [0.15, 0.2) is 0 Å². The van der Waals surface area contributed by atoms with Crippen molar-refractivity contribution >= 4 is 0 Å². The van der Waals surface area contributed by atoms with E-state index >= 15 is 0 Å². The molecule has 0 aromatic heterocycles. The highest BCUT2D eigenvalue weighted by molar-refractivity contribution is 5.30. The van der Waals surface area contributed by atoms with Gasteiger partial charge in [0, 0.05) is 12.7 Å². The fourth-order valence-corrected chi connectivity index (χ4v) is 1.91. The maximum absolute atomic E-state index is 3.28. The largest absolute Gasteiger partial charge is 0.323 e. The lowest BCUT2D eigenvalue weighted by atomic mass is 10.0. The summed E-state index contributed by atoms with van der Waals surface area (Å²) in [4.78, 5) is 0. The first-order chi connectivity index (χ1) is 6.66. The maximum atomic E-state index is 3.28. The summed E-state index contributed by atoms with van der Waals surface area (Å²) in [6.45, 7) is 4.22. The van der Waals surface area contributed by atoms with Gasteiger partial charge in [-0.15, -0.1) is 0 Å². The van der Waals surface area contributed by atoms with Crippen LogP contribution in [0.2, 0.25) is 0 Å². The minimum Gasteiger partial charge on any atom is -0.323 e. The van der Waals surface area contributed by atoms with Gasteiger partial charge in [0.25, 0.3) is 0 Å². The Hall–Kier alpha value is -1.28. The molecule has 0 saturated heterocycles. The van der Waals surface area contributed by atoms with Crippen LogP contribution in [0.3, 0.4) is 0 Å². The van der Waals surface area contributed by atoms with Gasteiger partial charge in [0.2, 0.25) is 0 Å². The number of hydrogen-bond acceptors (Lipinski definition) is 2. The Morgan fingerprint density at radius 2 is 2.07 bits per heavy atom. The van der Waals surface area contributed by atoms with Crippen molar-refractivity contribution in [2.75, 3.05) is 7.05 Å². The second-order valence-electron chi connectivity index (χ2n) is 3.93. The first-order valence-electron chi connectivity index (χ1n) is 4.91. The van der Waals surface area contributed by atoms with Crippen LogP contribution in [0.15, 0.2) is 36.0 Å². The molecule has 1 atom stereocenters. The number of allylic oxidation sites excluding steroid dienone is 1. The van der Waals surface area contributed by atoms with E-state index in [1.807, 2.05) is 0 Å². The van der Waals surface area contributed by atoms with E-state index in [1.54, 1.807) is 0 Å². The maximum Gasteiger partial charge on any atom is 0.0738 e. The fraction of sp³-hybridized carbons (Fsp3) is 0.333. The summed E-state index contributed by atoms with van der Waals surface area (Å²) in [5.74, 6) is 0. The van der Waals surface area contributed by atoms with E-state index in [2.05, 4.69) is 61.7 Å². The lowest BCUT2D eigenvalue weighted by Gasteiger charge is -2.20. The van der Waals surface area contributed by atoms with Gasteiger partial charge >= 0.3 is 0 Å². The molecule has 1 aromatic carbocycles. The van der Waals surface area contributed by atoms with Crippen molar-refractivity contribution in [1.29, 1.82) is 0 Å². The zero-order valence-corrected chi connectivity index (χ0v) is 8.91. The van der Waals surface area contributed by atoms with Crippen LogP contribution in [0.5, 0.6) is 0 Å². The average molecular weight is 188 g/mol. The molecule has 0 bridgehead atoms. The minimum absolute atomic E-state index is 0.370. The Morgan fingerprint density at radius 1 is 1.29 bits per heavy atom. The van der Waals surface area contributed by atoms with Crippen molar-refractivity contribution in [1.82, 2.24) is 10.4 Å². The van der Waals surface area contributed by atoms with E-state index in [-0.39, 0.29) is 0 Å². The Labute approximate surface area is 85.2 Å². The van der Waals surface area contributed by atoms with Gasteiger partial charge in [-0.25, -0.2) is 5.01 Å². The lowest BCUT2D eigenvalue weighted by Crippen LogP contribution is -2.29. The Morgan fingerprint density at radius 3 is 2.64 bits per heavy atom. The molecule has 0 fully saturated rings. The number of benzene rings is 1. The van der Waals surface area contributed by atoms with Crippen LogP contribution in [0.4, 0.5) is 0 Å². The van der Waals surface area contributed by atoms with Crippen molar-refractivity contribution in [3.8, 4) is 0 Å². The van der Waals surface area contributed by atoms with E-state index in [9.17, 15) is 0 Å². The van der Waals surface area contributed by atoms with Gasteiger partial charge in [-0.1, -0.05) is 29.8 Å². The third-order valence-corrected chi connectivity index (χ3v) is 2.56. The first-order valence-corrected chi connectivity index (χ1v) is 4.91. The summed E-state index contributed by atoms with van der Waals surface area (Å²) in [5, 5.41) is 2.13. The van der Waals surface area contributed by atoms with Crippen LogP contribution in [-0.4, -0.2) is 12.1 Å². The van der Waals surface area contributed by atoms with Crippen LogP contribution in [0.25, 0.3) is 0 Å². The highest BCUT2D eigenvalue weighted by Gasteiger charge is 2.20. The van der Waals surface area contributed by atoms with Crippen molar-refractivity contribution in [2.24, 2.45) is 0 Å².